The van der Waals surface area contributed by atoms with Gasteiger partial charge in [-0.15, -0.1) is 6.58 Å². The summed E-state index contributed by atoms with van der Waals surface area (Å²) in [6, 6.07) is -2.23. The molecule has 0 aromatic carbocycles. The Morgan fingerprint density at radius 2 is 2.00 bits per heavy atom. The average Bonchev–Trinajstić information content (AvgIpc) is 3.11. The third kappa shape index (κ3) is 5.41. The first-order valence-electron chi connectivity index (χ1n) is 6.15. The minimum absolute atomic E-state index is 0.116. The minimum Gasteiger partial charge on any atom is -0.480 e. The third-order valence-corrected chi connectivity index (χ3v) is 2.67. The zero-order valence-electron chi connectivity index (χ0n) is 10.8. The maximum atomic E-state index is 11.6. The quantitative estimate of drug-likeness (QED) is 0.487. The maximum absolute atomic E-state index is 11.6. The van der Waals surface area contributed by atoms with Crippen LogP contribution in [0.15, 0.2) is 12.7 Å². The van der Waals surface area contributed by atoms with Crippen molar-refractivity contribution in [3.05, 3.63) is 12.7 Å². The molecule has 1 rings (SSSR count). The first-order valence-corrected chi connectivity index (χ1v) is 6.15. The Bertz CT molecular complexity index is 379. The van der Waals surface area contributed by atoms with E-state index < -0.39 is 24.1 Å². The second-order valence-electron chi connectivity index (χ2n) is 4.54. The Morgan fingerprint density at radius 3 is 2.47 bits per heavy atom. The Labute approximate surface area is 111 Å². The number of aliphatic carboxylic acids is 1. The van der Waals surface area contributed by atoms with E-state index >= 15 is 0 Å². The Hall–Kier alpha value is -2.05. The van der Waals surface area contributed by atoms with Crippen LogP contribution in [0.1, 0.15) is 26.2 Å². The summed E-state index contributed by atoms with van der Waals surface area (Å²) in [6.45, 7) is 4.96. The normalized spacial score (nSPS) is 16.9. The van der Waals surface area contributed by atoms with E-state index in [9.17, 15) is 14.4 Å². The molecular formula is C12H19N3O4. The monoisotopic (exact) mass is 269 g/mol. The molecule has 3 amide bonds. The topological polar surface area (TPSA) is 108 Å². The van der Waals surface area contributed by atoms with Gasteiger partial charge in [-0.05, 0) is 26.2 Å². The van der Waals surface area contributed by atoms with Crippen LogP contribution >= 0.6 is 0 Å². The van der Waals surface area contributed by atoms with Gasteiger partial charge in [0, 0.05) is 6.04 Å². The summed E-state index contributed by atoms with van der Waals surface area (Å²) < 4.78 is 0. The highest BCUT2D eigenvalue weighted by Crippen LogP contribution is 2.18. The zero-order chi connectivity index (χ0) is 14.4. The van der Waals surface area contributed by atoms with Gasteiger partial charge in [-0.25, -0.2) is 9.59 Å². The number of nitrogens with one attached hydrogen (secondary N) is 3. The van der Waals surface area contributed by atoms with Gasteiger partial charge >= 0.3 is 12.0 Å². The van der Waals surface area contributed by atoms with Crippen LogP contribution in [0.5, 0.6) is 0 Å². The number of carbonyl (C=O) groups is 3. The molecule has 0 aromatic rings. The molecule has 0 heterocycles. The molecule has 2 unspecified atom stereocenters. The molecule has 106 valence electrons. The van der Waals surface area contributed by atoms with E-state index in [1.165, 1.54) is 6.08 Å². The number of hydrogen-bond acceptors (Lipinski definition) is 3. The Balaban J connectivity index is 2.37. The number of carbonyl (C=O) groups excluding carboxylic acids is 2. The van der Waals surface area contributed by atoms with Gasteiger partial charge in [0.25, 0.3) is 0 Å². The second kappa shape index (κ2) is 6.77. The molecule has 19 heavy (non-hydrogen) atoms. The number of rotatable bonds is 7. The van der Waals surface area contributed by atoms with Crippen LogP contribution in [0.3, 0.4) is 0 Å². The highest BCUT2D eigenvalue weighted by atomic mass is 16.4. The molecule has 1 aliphatic rings. The van der Waals surface area contributed by atoms with E-state index in [1.54, 1.807) is 6.92 Å². The molecule has 0 aliphatic heterocycles. The molecule has 4 N–H and O–H groups in total. The first kappa shape index (κ1) is 15.0. The van der Waals surface area contributed by atoms with Gasteiger partial charge in [0.15, 0.2) is 0 Å². The van der Waals surface area contributed by atoms with Crippen LogP contribution in [0, 0.1) is 0 Å². The maximum Gasteiger partial charge on any atom is 0.326 e. The summed E-state index contributed by atoms with van der Waals surface area (Å²) >= 11 is 0. The Morgan fingerprint density at radius 1 is 1.37 bits per heavy atom. The van der Waals surface area contributed by atoms with Gasteiger partial charge in [-0.2, -0.15) is 0 Å². The van der Waals surface area contributed by atoms with Crippen molar-refractivity contribution in [2.75, 3.05) is 0 Å². The second-order valence-corrected chi connectivity index (χ2v) is 4.54. The van der Waals surface area contributed by atoms with E-state index in [1.807, 2.05) is 0 Å². The lowest BCUT2D eigenvalue weighted by Gasteiger charge is -2.17. The summed E-state index contributed by atoms with van der Waals surface area (Å²) in [5, 5.41) is 16.3. The lowest BCUT2D eigenvalue weighted by Crippen LogP contribution is -2.52. The van der Waals surface area contributed by atoms with Crippen molar-refractivity contribution in [1.29, 1.82) is 0 Å². The van der Waals surface area contributed by atoms with E-state index in [0.29, 0.717) is 0 Å². The van der Waals surface area contributed by atoms with E-state index in [-0.39, 0.29) is 18.4 Å². The van der Waals surface area contributed by atoms with Gasteiger partial charge in [-0.1, -0.05) is 6.08 Å². The van der Waals surface area contributed by atoms with Crippen molar-refractivity contribution in [1.82, 2.24) is 16.0 Å². The molecule has 0 spiro atoms. The first-order chi connectivity index (χ1) is 8.93. The number of hydrogen-bond donors (Lipinski definition) is 4. The number of carboxylic acid groups (broad SMARTS) is 1. The fourth-order valence-corrected chi connectivity index (χ4v) is 1.40. The number of carboxylic acids is 1. The molecule has 7 nitrogen and oxygen atoms in total. The largest absolute Gasteiger partial charge is 0.480 e. The summed E-state index contributed by atoms with van der Waals surface area (Å²) in [7, 11) is 0. The summed E-state index contributed by atoms with van der Waals surface area (Å²) in [4.78, 5) is 34.0. The van der Waals surface area contributed by atoms with Gasteiger partial charge in [0.1, 0.15) is 12.1 Å². The van der Waals surface area contributed by atoms with Crippen molar-refractivity contribution in [3.63, 3.8) is 0 Å². The molecule has 0 aromatic heterocycles. The summed E-state index contributed by atoms with van der Waals surface area (Å²) in [5.41, 5.74) is 0. The summed E-state index contributed by atoms with van der Waals surface area (Å²) in [5.74, 6) is -1.42. The van der Waals surface area contributed by atoms with Crippen LogP contribution in [-0.2, 0) is 9.59 Å². The van der Waals surface area contributed by atoms with Crippen LogP contribution < -0.4 is 16.0 Å². The van der Waals surface area contributed by atoms with Crippen molar-refractivity contribution in [3.8, 4) is 0 Å². The number of amides is 3. The van der Waals surface area contributed by atoms with Crippen LogP contribution in [0.4, 0.5) is 4.79 Å². The van der Waals surface area contributed by atoms with Gasteiger partial charge < -0.3 is 21.1 Å². The van der Waals surface area contributed by atoms with Gasteiger partial charge in [-0.3, -0.25) is 4.79 Å². The average molecular weight is 269 g/mol. The molecule has 0 bridgehead atoms. The molecule has 7 heteroatoms. The van der Waals surface area contributed by atoms with Crippen molar-refractivity contribution in [2.45, 2.75) is 44.3 Å². The molecule has 0 radical (unpaired) electrons. The standard InChI is InChI=1S/C12H19N3O4/c1-3-4-9(11(17)18)15-12(19)13-7(2)10(16)14-8-5-6-8/h3,7-9H,1,4-6H2,2H3,(H,14,16)(H,17,18)(H2,13,15,19). The Kier molecular flexibility index (Phi) is 5.35. The molecule has 1 aliphatic carbocycles. The molecule has 2 atom stereocenters. The predicted octanol–water partition coefficient (Wildman–Crippen LogP) is -0.0180. The summed E-state index contributed by atoms with van der Waals surface area (Å²) in [6.07, 6.45) is 3.45. The van der Waals surface area contributed by atoms with E-state index in [0.717, 1.165) is 12.8 Å². The van der Waals surface area contributed by atoms with Crippen LogP contribution in [-0.4, -0.2) is 41.1 Å². The van der Waals surface area contributed by atoms with Crippen molar-refractivity contribution < 1.29 is 19.5 Å². The fraction of sp³-hybridized carbons (Fsp3) is 0.583. The SMILES string of the molecule is C=CCC(NC(=O)NC(C)C(=O)NC1CC1)C(=O)O. The molecule has 0 saturated heterocycles. The van der Waals surface area contributed by atoms with Crippen molar-refractivity contribution in [2.24, 2.45) is 0 Å². The van der Waals surface area contributed by atoms with Gasteiger partial charge in [0.2, 0.25) is 5.91 Å². The third-order valence-electron chi connectivity index (χ3n) is 2.67. The highest BCUT2D eigenvalue weighted by Gasteiger charge is 2.27. The molecular weight excluding hydrogens is 250 g/mol. The van der Waals surface area contributed by atoms with Crippen LogP contribution in [0.2, 0.25) is 0 Å². The lowest BCUT2D eigenvalue weighted by molar-refractivity contribution is -0.139. The number of urea groups is 1. The lowest BCUT2D eigenvalue weighted by atomic mass is 10.2. The predicted molar refractivity (Wildman–Crippen MR) is 68.5 cm³/mol. The smallest absolute Gasteiger partial charge is 0.326 e. The van der Waals surface area contributed by atoms with Crippen LogP contribution in [0.25, 0.3) is 0 Å². The van der Waals surface area contributed by atoms with Gasteiger partial charge in [0.05, 0.1) is 0 Å². The fourth-order valence-electron chi connectivity index (χ4n) is 1.40. The van der Waals surface area contributed by atoms with E-state index in [4.69, 9.17) is 5.11 Å². The zero-order valence-corrected chi connectivity index (χ0v) is 10.8. The minimum atomic E-state index is -1.15. The molecule has 1 fully saturated rings. The van der Waals surface area contributed by atoms with Crippen molar-refractivity contribution >= 4 is 17.9 Å². The highest BCUT2D eigenvalue weighted by molar-refractivity contribution is 5.88. The van der Waals surface area contributed by atoms with E-state index in [2.05, 4.69) is 22.5 Å². The molecule has 1 saturated carbocycles.